The Hall–Kier alpha value is -1.07. The molecule has 0 aromatic rings. The van der Waals surface area contributed by atoms with Gasteiger partial charge < -0.3 is 15.0 Å². The van der Waals surface area contributed by atoms with E-state index >= 15 is 0 Å². The number of carbonyl (C=O) groups excluding carboxylic acids is 1. The predicted octanol–water partition coefficient (Wildman–Crippen LogP) is 2.63. The highest BCUT2D eigenvalue weighted by atomic mass is 16.5. The molecule has 3 aliphatic rings. The van der Waals surface area contributed by atoms with Crippen molar-refractivity contribution in [3.8, 4) is 0 Å². The summed E-state index contributed by atoms with van der Waals surface area (Å²) >= 11 is 0. The summed E-state index contributed by atoms with van der Waals surface area (Å²) in [6.45, 7) is 11.4. The van der Waals surface area contributed by atoms with Crippen LogP contribution in [0.15, 0.2) is 12.2 Å². The molecule has 136 valence electrons. The highest BCUT2D eigenvalue weighted by Crippen LogP contribution is 2.26. The van der Waals surface area contributed by atoms with Crippen LogP contribution in [0.25, 0.3) is 0 Å². The largest absolute Gasteiger partial charge is 0.374 e. The van der Waals surface area contributed by atoms with Crippen LogP contribution in [0.2, 0.25) is 0 Å². The molecule has 24 heavy (non-hydrogen) atoms. The Morgan fingerprint density at radius 1 is 1.12 bits per heavy atom. The van der Waals surface area contributed by atoms with Gasteiger partial charge in [-0.15, -0.1) is 0 Å². The molecule has 2 saturated heterocycles. The lowest BCUT2D eigenvalue weighted by molar-refractivity contribution is 0.118. The van der Waals surface area contributed by atoms with E-state index in [4.69, 9.17) is 4.74 Å². The number of urea groups is 1. The normalized spacial score (nSPS) is 29.6. The van der Waals surface area contributed by atoms with E-state index in [0.29, 0.717) is 12.5 Å². The molecule has 2 amide bonds. The molecule has 0 radical (unpaired) electrons. The summed E-state index contributed by atoms with van der Waals surface area (Å²) in [5, 5.41) is 3.14. The van der Waals surface area contributed by atoms with E-state index in [2.05, 4.69) is 16.8 Å². The van der Waals surface area contributed by atoms with E-state index in [1.807, 2.05) is 11.8 Å². The lowest BCUT2D eigenvalue weighted by Crippen LogP contribution is -2.45. The molecule has 1 N–H and O–H groups in total. The summed E-state index contributed by atoms with van der Waals surface area (Å²) in [7, 11) is 0. The molecule has 0 aromatic carbocycles. The molecule has 5 heteroatoms. The SMILES string of the molecule is C=C(C)[C@@H]1OCC[C@@H]1CNC(=O)N1CCCN(C2CCCC2)CC1. The van der Waals surface area contributed by atoms with Crippen LogP contribution >= 0.6 is 0 Å². The zero-order valence-electron chi connectivity index (χ0n) is 15.1. The fraction of sp³-hybridized carbons (Fsp3) is 0.842. The number of carbonyl (C=O) groups is 1. The highest BCUT2D eigenvalue weighted by molar-refractivity contribution is 5.74. The maximum atomic E-state index is 12.5. The first kappa shape index (κ1) is 17.7. The molecule has 1 aliphatic carbocycles. The van der Waals surface area contributed by atoms with Gasteiger partial charge in [0.1, 0.15) is 0 Å². The zero-order chi connectivity index (χ0) is 16.9. The van der Waals surface area contributed by atoms with E-state index in [-0.39, 0.29) is 12.1 Å². The van der Waals surface area contributed by atoms with Crippen LogP contribution in [-0.4, -0.2) is 67.3 Å². The van der Waals surface area contributed by atoms with Gasteiger partial charge in [0.25, 0.3) is 0 Å². The lowest BCUT2D eigenvalue weighted by atomic mass is 9.97. The van der Waals surface area contributed by atoms with E-state index in [0.717, 1.165) is 57.2 Å². The van der Waals surface area contributed by atoms with Crippen molar-refractivity contribution >= 4 is 6.03 Å². The first-order valence-corrected chi connectivity index (χ1v) is 9.69. The molecule has 5 nitrogen and oxygen atoms in total. The molecule has 2 heterocycles. The number of nitrogens with zero attached hydrogens (tertiary/aromatic N) is 2. The first-order valence-electron chi connectivity index (χ1n) is 9.69. The third kappa shape index (κ3) is 4.31. The van der Waals surface area contributed by atoms with Gasteiger partial charge in [-0.2, -0.15) is 0 Å². The summed E-state index contributed by atoms with van der Waals surface area (Å²) in [5.74, 6) is 0.369. The van der Waals surface area contributed by atoms with Gasteiger partial charge in [0.15, 0.2) is 0 Å². The van der Waals surface area contributed by atoms with Crippen molar-refractivity contribution in [3.05, 3.63) is 12.2 Å². The third-order valence-corrected chi connectivity index (χ3v) is 5.87. The van der Waals surface area contributed by atoms with Gasteiger partial charge in [0, 0.05) is 51.3 Å². The molecule has 3 rings (SSSR count). The Kier molecular flexibility index (Phi) is 6.17. The molecular weight excluding hydrogens is 302 g/mol. The van der Waals surface area contributed by atoms with Gasteiger partial charge in [0.2, 0.25) is 0 Å². The smallest absolute Gasteiger partial charge is 0.317 e. The second-order valence-corrected chi connectivity index (χ2v) is 7.69. The van der Waals surface area contributed by atoms with Gasteiger partial charge in [0.05, 0.1) is 6.10 Å². The van der Waals surface area contributed by atoms with Crippen molar-refractivity contribution in [2.24, 2.45) is 5.92 Å². The topological polar surface area (TPSA) is 44.8 Å². The first-order chi connectivity index (χ1) is 11.6. The summed E-state index contributed by atoms with van der Waals surface area (Å²) in [4.78, 5) is 17.2. The minimum Gasteiger partial charge on any atom is -0.374 e. The van der Waals surface area contributed by atoms with E-state index in [1.54, 1.807) is 0 Å². The fourth-order valence-electron chi connectivity index (χ4n) is 4.49. The monoisotopic (exact) mass is 335 g/mol. The third-order valence-electron chi connectivity index (χ3n) is 5.87. The van der Waals surface area contributed by atoms with Crippen LogP contribution in [0.5, 0.6) is 0 Å². The van der Waals surface area contributed by atoms with Crippen molar-refractivity contribution in [2.45, 2.75) is 57.6 Å². The van der Waals surface area contributed by atoms with E-state index < -0.39 is 0 Å². The molecule has 3 fully saturated rings. The van der Waals surface area contributed by atoms with Gasteiger partial charge >= 0.3 is 6.03 Å². The van der Waals surface area contributed by atoms with E-state index in [1.165, 1.54) is 25.7 Å². The van der Waals surface area contributed by atoms with Crippen LogP contribution in [-0.2, 0) is 4.74 Å². The van der Waals surface area contributed by atoms with Gasteiger partial charge in [-0.05, 0) is 32.6 Å². The maximum absolute atomic E-state index is 12.5. The number of hydrogen-bond acceptors (Lipinski definition) is 3. The Morgan fingerprint density at radius 2 is 1.92 bits per heavy atom. The summed E-state index contributed by atoms with van der Waals surface area (Å²) in [5.41, 5.74) is 1.06. The fourth-order valence-corrected chi connectivity index (χ4v) is 4.49. The summed E-state index contributed by atoms with van der Waals surface area (Å²) in [6, 6.07) is 0.857. The van der Waals surface area contributed by atoms with Crippen molar-refractivity contribution in [1.82, 2.24) is 15.1 Å². The van der Waals surface area contributed by atoms with Gasteiger partial charge in [-0.25, -0.2) is 4.79 Å². The van der Waals surface area contributed by atoms with Gasteiger partial charge in [-0.3, -0.25) is 4.90 Å². The van der Waals surface area contributed by atoms with Crippen molar-refractivity contribution in [3.63, 3.8) is 0 Å². The number of nitrogens with one attached hydrogen (secondary N) is 1. The molecule has 0 spiro atoms. The molecule has 0 bridgehead atoms. The minimum atomic E-state index is 0.0932. The molecule has 2 atom stereocenters. The number of ether oxygens (including phenoxy) is 1. The standard InChI is InChI=1S/C19H33N3O2/c1-15(2)18-16(8-13-24-18)14-20-19(23)22-10-5-9-21(11-12-22)17-6-3-4-7-17/h16-18H,1,3-14H2,2H3,(H,20,23)/t16-,18+/m1/s1. The number of amides is 2. The van der Waals surface area contributed by atoms with Crippen LogP contribution in [0.4, 0.5) is 4.79 Å². The second-order valence-electron chi connectivity index (χ2n) is 7.69. The quantitative estimate of drug-likeness (QED) is 0.803. The van der Waals surface area contributed by atoms with Crippen LogP contribution in [0.3, 0.4) is 0 Å². The number of rotatable bonds is 4. The average Bonchev–Trinajstić information content (AvgIpc) is 3.20. The summed E-state index contributed by atoms with van der Waals surface area (Å²) in [6.07, 6.45) is 7.63. The molecule has 0 aromatic heterocycles. The molecule has 2 aliphatic heterocycles. The number of hydrogen-bond donors (Lipinski definition) is 1. The average molecular weight is 335 g/mol. The Balaban J connectivity index is 1.44. The van der Waals surface area contributed by atoms with Crippen LogP contribution in [0.1, 0.15) is 45.4 Å². The molecular formula is C19H33N3O2. The second kappa shape index (κ2) is 8.34. The lowest BCUT2D eigenvalue weighted by Gasteiger charge is -2.27. The minimum absolute atomic E-state index is 0.0932. The van der Waals surface area contributed by atoms with Gasteiger partial charge in [-0.1, -0.05) is 25.0 Å². The maximum Gasteiger partial charge on any atom is 0.317 e. The highest BCUT2D eigenvalue weighted by Gasteiger charge is 2.30. The van der Waals surface area contributed by atoms with E-state index in [9.17, 15) is 4.79 Å². The predicted molar refractivity (Wildman–Crippen MR) is 96.1 cm³/mol. The van der Waals surface area contributed by atoms with Crippen molar-refractivity contribution in [1.29, 1.82) is 0 Å². The zero-order valence-corrected chi connectivity index (χ0v) is 15.1. The Morgan fingerprint density at radius 3 is 2.67 bits per heavy atom. The Bertz CT molecular complexity index is 448. The van der Waals surface area contributed by atoms with Crippen molar-refractivity contribution < 1.29 is 9.53 Å². The summed E-state index contributed by atoms with van der Waals surface area (Å²) < 4.78 is 5.72. The molecule has 1 saturated carbocycles. The van der Waals surface area contributed by atoms with Crippen LogP contribution < -0.4 is 5.32 Å². The molecule has 0 unspecified atom stereocenters. The Labute approximate surface area is 146 Å². The van der Waals surface area contributed by atoms with Crippen LogP contribution in [0, 0.1) is 5.92 Å². The van der Waals surface area contributed by atoms with Crippen molar-refractivity contribution in [2.75, 3.05) is 39.3 Å².